The van der Waals surface area contributed by atoms with Crippen molar-refractivity contribution >= 4 is 17.7 Å². The first-order valence-electron chi connectivity index (χ1n) is 6.87. The number of nitrogens with zero attached hydrogens (tertiary/aromatic N) is 1. The average molecular weight is 305 g/mol. The number of imidazole rings is 1. The molecule has 1 heterocycles. The summed E-state index contributed by atoms with van der Waals surface area (Å²) in [5.41, 5.74) is 1.02. The quantitative estimate of drug-likeness (QED) is 0.734. The van der Waals surface area contributed by atoms with E-state index in [1.807, 2.05) is 31.2 Å². The zero-order valence-corrected chi connectivity index (χ0v) is 12.8. The van der Waals surface area contributed by atoms with Crippen molar-refractivity contribution in [2.45, 2.75) is 18.2 Å². The van der Waals surface area contributed by atoms with Gasteiger partial charge in [0.05, 0.1) is 18.7 Å². The second-order valence-electron chi connectivity index (χ2n) is 4.37. The number of benzene rings is 1. The van der Waals surface area contributed by atoms with E-state index in [0.717, 1.165) is 22.8 Å². The normalized spacial score (nSPS) is 10.3. The van der Waals surface area contributed by atoms with Crippen LogP contribution in [-0.4, -0.2) is 34.8 Å². The van der Waals surface area contributed by atoms with Crippen molar-refractivity contribution < 1.29 is 9.53 Å². The lowest BCUT2D eigenvalue weighted by Crippen LogP contribution is -2.27. The van der Waals surface area contributed by atoms with Crippen LogP contribution in [0, 0.1) is 0 Å². The molecule has 1 aromatic carbocycles. The minimum atomic E-state index is 0.0356. The summed E-state index contributed by atoms with van der Waals surface area (Å²) in [6.45, 7) is 3.23. The number of rotatable bonds is 8. The zero-order chi connectivity index (χ0) is 14.9. The van der Waals surface area contributed by atoms with Crippen molar-refractivity contribution in [1.82, 2.24) is 15.3 Å². The molecule has 0 aliphatic carbocycles. The summed E-state index contributed by atoms with van der Waals surface area (Å²) in [7, 11) is 0. The number of carbonyl (C=O) groups excluding carboxylic acids is 1. The number of hydrogen-bond acceptors (Lipinski definition) is 4. The first-order valence-corrected chi connectivity index (χ1v) is 7.86. The van der Waals surface area contributed by atoms with E-state index in [0.29, 0.717) is 18.9 Å². The van der Waals surface area contributed by atoms with Crippen molar-refractivity contribution in [3.63, 3.8) is 0 Å². The summed E-state index contributed by atoms with van der Waals surface area (Å²) in [6, 6.07) is 7.77. The molecule has 2 aromatic rings. The number of aromatic nitrogens is 2. The molecule has 2 N–H and O–H groups in total. The third-order valence-electron chi connectivity index (χ3n) is 2.78. The minimum Gasteiger partial charge on any atom is -0.494 e. The lowest BCUT2D eigenvalue weighted by molar-refractivity contribution is -0.118. The predicted octanol–water partition coefficient (Wildman–Crippen LogP) is 2.26. The summed E-state index contributed by atoms with van der Waals surface area (Å²) >= 11 is 1.52. The molecule has 0 radical (unpaired) electrons. The van der Waals surface area contributed by atoms with Crippen molar-refractivity contribution in [2.75, 3.05) is 18.9 Å². The second kappa shape index (κ2) is 8.36. The molecular weight excluding hydrogens is 286 g/mol. The monoisotopic (exact) mass is 305 g/mol. The Kier molecular flexibility index (Phi) is 6.15. The predicted molar refractivity (Wildman–Crippen MR) is 83.6 cm³/mol. The number of amides is 1. The summed E-state index contributed by atoms with van der Waals surface area (Å²) in [6.07, 6.45) is 4.17. The highest BCUT2D eigenvalue weighted by Crippen LogP contribution is 2.21. The molecule has 0 atom stereocenters. The molecule has 0 bridgehead atoms. The van der Waals surface area contributed by atoms with Gasteiger partial charge in [0, 0.05) is 29.8 Å². The van der Waals surface area contributed by atoms with Gasteiger partial charge in [0.1, 0.15) is 5.75 Å². The van der Waals surface area contributed by atoms with Crippen LogP contribution in [0.15, 0.2) is 41.7 Å². The van der Waals surface area contributed by atoms with E-state index in [1.165, 1.54) is 11.8 Å². The number of hydrogen-bond donors (Lipinski definition) is 2. The van der Waals surface area contributed by atoms with E-state index in [-0.39, 0.29) is 5.91 Å². The van der Waals surface area contributed by atoms with Gasteiger partial charge < -0.3 is 15.0 Å². The van der Waals surface area contributed by atoms with Gasteiger partial charge in [-0.05, 0) is 31.2 Å². The number of H-pyrrole nitrogens is 1. The molecule has 1 amide bonds. The van der Waals surface area contributed by atoms with E-state index >= 15 is 0 Å². The third kappa shape index (κ3) is 5.51. The molecule has 2 rings (SSSR count). The SMILES string of the molecule is CCOc1ccc(SCC(=O)NCCc2cnc[nH]2)cc1. The third-order valence-corrected chi connectivity index (χ3v) is 3.79. The van der Waals surface area contributed by atoms with Gasteiger partial charge in [-0.15, -0.1) is 11.8 Å². The van der Waals surface area contributed by atoms with Crippen LogP contribution in [0.4, 0.5) is 0 Å². The fourth-order valence-electron chi connectivity index (χ4n) is 1.76. The van der Waals surface area contributed by atoms with E-state index < -0.39 is 0 Å². The summed E-state index contributed by atoms with van der Waals surface area (Å²) in [4.78, 5) is 19.7. The van der Waals surface area contributed by atoms with Gasteiger partial charge in [-0.1, -0.05) is 0 Å². The van der Waals surface area contributed by atoms with Crippen LogP contribution in [0.1, 0.15) is 12.6 Å². The molecule has 0 unspecified atom stereocenters. The fraction of sp³-hybridized carbons (Fsp3) is 0.333. The number of thioether (sulfide) groups is 1. The van der Waals surface area contributed by atoms with Gasteiger partial charge in [0.15, 0.2) is 0 Å². The second-order valence-corrected chi connectivity index (χ2v) is 5.42. The molecule has 0 spiro atoms. The summed E-state index contributed by atoms with van der Waals surface area (Å²) in [5.74, 6) is 1.30. The number of carbonyl (C=O) groups is 1. The van der Waals surface area contributed by atoms with Crippen LogP contribution in [0.3, 0.4) is 0 Å². The molecule has 1 aromatic heterocycles. The van der Waals surface area contributed by atoms with Crippen molar-refractivity contribution in [1.29, 1.82) is 0 Å². The van der Waals surface area contributed by atoms with Crippen LogP contribution >= 0.6 is 11.8 Å². The number of nitrogens with one attached hydrogen (secondary N) is 2. The number of aromatic amines is 1. The van der Waals surface area contributed by atoms with Crippen molar-refractivity contribution in [3.05, 3.63) is 42.5 Å². The maximum absolute atomic E-state index is 11.7. The topological polar surface area (TPSA) is 67.0 Å². The van der Waals surface area contributed by atoms with Crippen LogP contribution < -0.4 is 10.1 Å². The lowest BCUT2D eigenvalue weighted by Gasteiger charge is -2.06. The standard InChI is InChI=1S/C15H19N3O2S/c1-2-20-13-3-5-14(6-4-13)21-10-15(19)17-8-7-12-9-16-11-18-12/h3-6,9,11H,2,7-8,10H2,1H3,(H,16,18)(H,17,19). The van der Waals surface area contributed by atoms with E-state index in [1.54, 1.807) is 12.5 Å². The Morgan fingerprint density at radius 1 is 1.38 bits per heavy atom. The Balaban J connectivity index is 1.66. The van der Waals surface area contributed by atoms with Gasteiger partial charge in [0.2, 0.25) is 5.91 Å². The average Bonchev–Trinajstić information content (AvgIpc) is 3.00. The van der Waals surface area contributed by atoms with Crippen LogP contribution in [0.5, 0.6) is 5.75 Å². The van der Waals surface area contributed by atoms with Crippen LogP contribution in [0.2, 0.25) is 0 Å². The Hall–Kier alpha value is -1.95. The van der Waals surface area contributed by atoms with Gasteiger partial charge >= 0.3 is 0 Å². The van der Waals surface area contributed by atoms with Gasteiger partial charge in [0.25, 0.3) is 0 Å². The van der Waals surface area contributed by atoms with E-state index in [4.69, 9.17) is 4.74 Å². The van der Waals surface area contributed by atoms with E-state index in [9.17, 15) is 4.79 Å². The minimum absolute atomic E-state index is 0.0356. The summed E-state index contributed by atoms with van der Waals surface area (Å²) < 4.78 is 5.38. The maximum Gasteiger partial charge on any atom is 0.230 e. The molecule has 0 aliphatic heterocycles. The van der Waals surface area contributed by atoms with Gasteiger partial charge in [-0.25, -0.2) is 4.98 Å². The number of ether oxygens (including phenoxy) is 1. The molecule has 112 valence electrons. The van der Waals surface area contributed by atoms with Crippen molar-refractivity contribution in [2.24, 2.45) is 0 Å². The summed E-state index contributed by atoms with van der Waals surface area (Å²) in [5, 5.41) is 2.89. The fourth-order valence-corrected chi connectivity index (χ4v) is 2.49. The van der Waals surface area contributed by atoms with Gasteiger partial charge in [-0.3, -0.25) is 4.79 Å². The molecule has 0 aliphatic rings. The maximum atomic E-state index is 11.7. The molecule has 21 heavy (non-hydrogen) atoms. The Bertz CT molecular complexity index is 541. The highest BCUT2D eigenvalue weighted by molar-refractivity contribution is 8.00. The molecule has 5 nitrogen and oxygen atoms in total. The largest absolute Gasteiger partial charge is 0.494 e. The molecule has 0 fully saturated rings. The zero-order valence-electron chi connectivity index (χ0n) is 12.0. The Morgan fingerprint density at radius 2 is 2.19 bits per heavy atom. The first-order chi connectivity index (χ1) is 10.3. The highest BCUT2D eigenvalue weighted by Gasteiger charge is 2.03. The highest BCUT2D eigenvalue weighted by atomic mass is 32.2. The first kappa shape index (κ1) is 15.4. The Labute approximate surface area is 128 Å². The molecular formula is C15H19N3O2S. The molecule has 0 saturated heterocycles. The molecule has 0 saturated carbocycles. The van der Waals surface area contributed by atoms with E-state index in [2.05, 4.69) is 15.3 Å². The van der Waals surface area contributed by atoms with Crippen LogP contribution in [0.25, 0.3) is 0 Å². The van der Waals surface area contributed by atoms with Crippen molar-refractivity contribution in [3.8, 4) is 5.75 Å². The van der Waals surface area contributed by atoms with Gasteiger partial charge in [-0.2, -0.15) is 0 Å². The molecule has 6 heteroatoms. The lowest BCUT2D eigenvalue weighted by atomic mass is 10.3. The van der Waals surface area contributed by atoms with Crippen LogP contribution in [-0.2, 0) is 11.2 Å². The smallest absolute Gasteiger partial charge is 0.230 e. The Morgan fingerprint density at radius 3 is 2.86 bits per heavy atom.